The molecule has 0 fully saturated rings. The predicted octanol–water partition coefficient (Wildman–Crippen LogP) is 6.02. The summed E-state index contributed by atoms with van der Waals surface area (Å²) in [7, 11) is 0. The maximum atomic E-state index is 13.1. The number of ether oxygens (including phenoxy) is 1. The van der Waals surface area contributed by atoms with E-state index in [1.807, 2.05) is 0 Å². The zero-order valence-electron chi connectivity index (χ0n) is 18.2. The molecule has 0 aliphatic carbocycles. The van der Waals surface area contributed by atoms with Crippen molar-refractivity contribution in [3.05, 3.63) is 89.3 Å². The van der Waals surface area contributed by atoms with Crippen LogP contribution in [-0.2, 0) is 10.3 Å². The van der Waals surface area contributed by atoms with Gasteiger partial charge in [-0.25, -0.2) is 9.59 Å². The molecular weight excluding hydrogens is 556 g/mol. The Balaban J connectivity index is 2.24. The molecule has 0 saturated heterocycles. The molecule has 3 aromatic rings. The lowest BCUT2D eigenvalue weighted by atomic mass is 9.77. The van der Waals surface area contributed by atoms with Gasteiger partial charge >= 0.3 is 11.9 Å². The summed E-state index contributed by atoms with van der Waals surface area (Å²) in [4.78, 5) is 24.9. The highest BCUT2D eigenvalue weighted by Crippen LogP contribution is 2.54. The molecule has 0 radical (unpaired) electrons. The van der Waals surface area contributed by atoms with Crippen LogP contribution in [0.3, 0.4) is 0 Å². The summed E-state index contributed by atoms with van der Waals surface area (Å²) < 4.78 is 7.16. The van der Waals surface area contributed by atoms with Crippen molar-refractivity contribution in [2.45, 2.75) is 33.3 Å². The standard InChI is InChI=1S/C25H20Br2O6/c1-10-7-17(19(26)12(3)21(10)28)25(18-8-11(2)22(29)13(4)20(18)27)16-9-14(23(30)31)5-6-15(16)24(32)33-25/h5-9,28-29H,1-4H3,(H,30,31). The number of carboxylic acids is 1. The van der Waals surface area contributed by atoms with Gasteiger partial charge in [0.05, 0.1) is 11.1 Å². The van der Waals surface area contributed by atoms with E-state index in [9.17, 15) is 24.9 Å². The Kier molecular flexibility index (Phi) is 5.57. The number of aryl methyl sites for hydroxylation is 2. The van der Waals surface area contributed by atoms with E-state index in [0.717, 1.165) is 0 Å². The molecule has 0 spiro atoms. The normalized spacial score (nSPS) is 14.2. The molecule has 0 amide bonds. The van der Waals surface area contributed by atoms with Gasteiger partial charge in [0.15, 0.2) is 5.60 Å². The zero-order chi connectivity index (χ0) is 24.4. The first kappa shape index (κ1) is 23.3. The number of phenolic OH excluding ortho intramolecular Hbond substituents is 2. The molecule has 3 N–H and O–H groups in total. The summed E-state index contributed by atoms with van der Waals surface area (Å²) in [5.41, 5.74) is 2.33. The number of carbonyl (C=O) groups excluding carboxylic acids is 1. The number of rotatable bonds is 3. The SMILES string of the molecule is Cc1cc(C2(c3cc(C)c(O)c(C)c3Br)OC(=O)c3ccc(C(=O)O)cc32)c(Br)c(C)c1O. The first-order valence-electron chi connectivity index (χ1n) is 10.0. The van der Waals surface area contributed by atoms with Gasteiger partial charge in [-0.2, -0.15) is 0 Å². The fraction of sp³-hybridized carbons (Fsp3) is 0.200. The van der Waals surface area contributed by atoms with Crippen LogP contribution in [0.2, 0.25) is 0 Å². The van der Waals surface area contributed by atoms with Crippen molar-refractivity contribution in [3.8, 4) is 11.5 Å². The van der Waals surface area contributed by atoms with Crippen molar-refractivity contribution in [2.24, 2.45) is 0 Å². The average Bonchev–Trinajstić information content (AvgIpc) is 3.08. The molecular formula is C25H20Br2O6. The Morgan fingerprint density at radius 2 is 1.33 bits per heavy atom. The molecule has 0 atom stereocenters. The first-order chi connectivity index (χ1) is 15.4. The largest absolute Gasteiger partial charge is 0.507 e. The zero-order valence-corrected chi connectivity index (χ0v) is 21.4. The van der Waals surface area contributed by atoms with Gasteiger partial charge in [0.2, 0.25) is 0 Å². The van der Waals surface area contributed by atoms with E-state index in [2.05, 4.69) is 31.9 Å². The smallest absolute Gasteiger partial charge is 0.340 e. The molecule has 170 valence electrons. The molecule has 1 aliphatic heterocycles. The minimum atomic E-state index is -1.54. The van der Waals surface area contributed by atoms with E-state index in [-0.39, 0.29) is 22.6 Å². The van der Waals surface area contributed by atoms with Crippen LogP contribution in [-0.4, -0.2) is 27.3 Å². The molecule has 33 heavy (non-hydrogen) atoms. The minimum Gasteiger partial charge on any atom is -0.507 e. The number of esters is 1. The summed E-state index contributed by atoms with van der Waals surface area (Å²) >= 11 is 7.14. The molecule has 4 rings (SSSR count). The second kappa shape index (κ2) is 7.88. The second-order valence-electron chi connectivity index (χ2n) is 8.19. The lowest BCUT2D eigenvalue weighted by molar-refractivity contribution is 0.0246. The van der Waals surface area contributed by atoms with Crippen molar-refractivity contribution in [1.29, 1.82) is 0 Å². The fourth-order valence-electron chi connectivity index (χ4n) is 4.35. The summed E-state index contributed by atoms with van der Waals surface area (Å²) in [6, 6.07) is 7.68. The van der Waals surface area contributed by atoms with Gasteiger partial charge in [0.25, 0.3) is 0 Å². The Morgan fingerprint density at radius 1 is 0.848 bits per heavy atom. The minimum absolute atomic E-state index is 0.00288. The summed E-state index contributed by atoms with van der Waals surface area (Å²) in [6.45, 7) is 6.94. The molecule has 3 aromatic carbocycles. The number of cyclic esters (lactones) is 1. The molecule has 0 unspecified atom stereocenters. The summed E-state index contributed by atoms with van der Waals surface area (Å²) in [5.74, 6) is -1.55. The maximum Gasteiger partial charge on any atom is 0.340 e. The lowest BCUT2D eigenvalue weighted by Crippen LogP contribution is -2.31. The third kappa shape index (κ3) is 3.27. The van der Waals surface area contributed by atoms with Crippen LogP contribution in [0.5, 0.6) is 11.5 Å². The van der Waals surface area contributed by atoms with E-state index >= 15 is 0 Å². The number of carbonyl (C=O) groups is 2. The van der Waals surface area contributed by atoms with E-state index in [1.165, 1.54) is 18.2 Å². The quantitative estimate of drug-likeness (QED) is 0.330. The summed E-state index contributed by atoms with van der Waals surface area (Å²) in [5, 5.41) is 30.6. The third-order valence-corrected chi connectivity index (χ3v) is 8.22. The number of hydrogen-bond donors (Lipinski definition) is 3. The maximum absolute atomic E-state index is 13.1. The highest BCUT2D eigenvalue weighted by atomic mass is 79.9. The van der Waals surface area contributed by atoms with E-state index in [1.54, 1.807) is 39.8 Å². The van der Waals surface area contributed by atoms with Gasteiger partial charge in [-0.3, -0.25) is 0 Å². The molecule has 1 heterocycles. The monoisotopic (exact) mass is 574 g/mol. The third-order valence-electron chi connectivity index (χ3n) is 6.18. The number of halogens is 2. The number of phenols is 2. The van der Waals surface area contributed by atoms with Crippen molar-refractivity contribution < 1.29 is 29.6 Å². The number of fused-ring (bicyclic) bond motifs is 1. The van der Waals surface area contributed by atoms with Crippen LogP contribution in [0.15, 0.2) is 39.3 Å². The molecule has 0 aromatic heterocycles. The Morgan fingerprint density at radius 3 is 1.79 bits per heavy atom. The molecule has 8 heteroatoms. The predicted molar refractivity (Wildman–Crippen MR) is 129 cm³/mol. The van der Waals surface area contributed by atoms with Gasteiger partial charge in [-0.15, -0.1) is 0 Å². The van der Waals surface area contributed by atoms with E-state index in [0.29, 0.717) is 47.9 Å². The molecule has 0 saturated carbocycles. The first-order valence-corrected chi connectivity index (χ1v) is 11.6. The van der Waals surface area contributed by atoms with Crippen molar-refractivity contribution in [3.63, 3.8) is 0 Å². The van der Waals surface area contributed by atoms with Crippen LogP contribution >= 0.6 is 31.9 Å². The van der Waals surface area contributed by atoms with Gasteiger partial charge in [0.1, 0.15) is 11.5 Å². The van der Waals surface area contributed by atoms with Crippen molar-refractivity contribution >= 4 is 43.8 Å². The average molecular weight is 576 g/mol. The highest BCUT2D eigenvalue weighted by Gasteiger charge is 2.51. The van der Waals surface area contributed by atoms with Crippen molar-refractivity contribution in [1.82, 2.24) is 0 Å². The van der Waals surface area contributed by atoms with Crippen LogP contribution in [0.4, 0.5) is 0 Å². The lowest BCUT2D eigenvalue weighted by Gasteiger charge is -2.34. The molecule has 6 nitrogen and oxygen atoms in total. The number of benzene rings is 3. The topological polar surface area (TPSA) is 104 Å². The van der Waals surface area contributed by atoms with E-state index in [4.69, 9.17) is 4.74 Å². The van der Waals surface area contributed by atoms with E-state index < -0.39 is 17.5 Å². The molecule has 0 bridgehead atoms. The molecule has 1 aliphatic rings. The van der Waals surface area contributed by atoms with Crippen LogP contribution in [0, 0.1) is 27.7 Å². The van der Waals surface area contributed by atoms with Crippen LogP contribution in [0.25, 0.3) is 0 Å². The Hall–Kier alpha value is -2.84. The number of aromatic carboxylic acids is 1. The van der Waals surface area contributed by atoms with Crippen LogP contribution in [0.1, 0.15) is 59.7 Å². The van der Waals surface area contributed by atoms with Crippen molar-refractivity contribution in [2.75, 3.05) is 0 Å². The second-order valence-corrected chi connectivity index (χ2v) is 9.78. The van der Waals surface area contributed by atoms with Crippen LogP contribution < -0.4 is 0 Å². The summed E-state index contributed by atoms with van der Waals surface area (Å²) in [6.07, 6.45) is 0. The van der Waals surface area contributed by atoms with Gasteiger partial charge in [-0.05, 0) is 101 Å². The van der Waals surface area contributed by atoms with Gasteiger partial charge < -0.3 is 20.1 Å². The fourth-order valence-corrected chi connectivity index (χ4v) is 5.52. The number of hydrogen-bond acceptors (Lipinski definition) is 5. The Bertz CT molecular complexity index is 1310. The number of aromatic hydroxyl groups is 2. The number of carboxylic acid groups (broad SMARTS) is 1. The highest BCUT2D eigenvalue weighted by molar-refractivity contribution is 9.11. The Labute approximate surface area is 207 Å². The van der Waals surface area contributed by atoms with Gasteiger partial charge in [0, 0.05) is 36.8 Å². The van der Waals surface area contributed by atoms with Gasteiger partial charge in [-0.1, -0.05) is 0 Å².